The number of carbonyl (C=O) groups excluding carboxylic acids is 1. The van der Waals surface area contributed by atoms with E-state index in [2.05, 4.69) is 25.3 Å². The van der Waals surface area contributed by atoms with E-state index in [9.17, 15) is 18.0 Å². The number of aromatic nitrogens is 3. The number of halogens is 3. The minimum Gasteiger partial charge on any atom is -0.481 e. The van der Waals surface area contributed by atoms with E-state index < -0.39 is 12.1 Å². The topological polar surface area (TPSA) is 140 Å². The second kappa shape index (κ2) is 9.60. The largest absolute Gasteiger partial charge is 0.490 e. The summed E-state index contributed by atoms with van der Waals surface area (Å²) in [6.45, 7) is 5.12. The molecule has 2 saturated heterocycles. The molecule has 2 atom stereocenters. The standard InChI is InChI=1S/C17H21N5O4.C2HF3O2/c1-11-13(4-21-26-11)16(23)18-7-17-8-22(5-12(17)6-25-9-17)14-3-15(24-2)20-10-19-14;3-2(4,5)1(6)7/h3-4,10,12H,5-9H2,1-2H3,(H,18,23);(H,6,7)/t12-,17+;/m1./s1. The number of nitrogens with zero attached hydrogens (tertiary/aromatic N) is 4. The minimum atomic E-state index is -5.08. The molecule has 2 fully saturated rings. The molecule has 2 aromatic heterocycles. The first-order valence-corrected chi connectivity index (χ1v) is 9.74. The predicted octanol–water partition coefficient (Wildman–Crippen LogP) is 1.30. The van der Waals surface area contributed by atoms with Crippen LogP contribution in [0.15, 0.2) is 23.1 Å². The van der Waals surface area contributed by atoms with Crippen molar-refractivity contribution in [3.8, 4) is 5.88 Å². The van der Waals surface area contributed by atoms with Crippen molar-refractivity contribution in [1.82, 2.24) is 20.4 Å². The van der Waals surface area contributed by atoms with E-state index in [1.54, 1.807) is 14.0 Å². The van der Waals surface area contributed by atoms with Crippen molar-refractivity contribution in [3.05, 3.63) is 29.9 Å². The number of aryl methyl sites for hydroxylation is 1. The van der Waals surface area contributed by atoms with Crippen LogP contribution < -0.4 is 15.0 Å². The van der Waals surface area contributed by atoms with Gasteiger partial charge in [0.1, 0.15) is 23.5 Å². The second-order valence-corrected chi connectivity index (χ2v) is 7.65. The lowest BCUT2D eigenvalue weighted by Gasteiger charge is -2.27. The molecule has 0 saturated carbocycles. The molecule has 14 heteroatoms. The Morgan fingerprint density at radius 3 is 2.73 bits per heavy atom. The van der Waals surface area contributed by atoms with Crippen LogP contribution in [0.5, 0.6) is 5.88 Å². The summed E-state index contributed by atoms with van der Waals surface area (Å²) in [7, 11) is 1.59. The maximum absolute atomic E-state index is 12.4. The molecular weight excluding hydrogens is 451 g/mol. The summed E-state index contributed by atoms with van der Waals surface area (Å²) < 4.78 is 47.6. The van der Waals surface area contributed by atoms with Gasteiger partial charge in [0.05, 0.1) is 26.5 Å². The number of carbonyl (C=O) groups is 2. The Morgan fingerprint density at radius 1 is 1.39 bits per heavy atom. The highest BCUT2D eigenvalue weighted by Gasteiger charge is 2.51. The maximum Gasteiger partial charge on any atom is 0.490 e. The van der Waals surface area contributed by atoms with E-state index in [1.165, 1.54) is 12.5 Å². The van der Waals surface area contributed by atoms with Gasteiger partial charge in [-0.3, -0.25) is 4.79 Å². The number of nitrogens with one attached hydrogen (secondary N) is 1. The Bertz CT molecular complexity index is 1000. The number of carboxylic acids is 1. The zero-order chi connectivity index (χ0) is 24.2. The number of fused-ring (bicyclic) bond motifs is 1. The molecule has 180 valence electrons. The number of ether oxygens (including phenoxy) is 2. The highest BCUT2D eigenvalue weighted by molar-refractivity contribution is 5.94. The molecule has 0 bridgehead atoms. The molecule has 0 spiro atoms. The average molecular weight is 473 g/mol. The number of anilines is 1. The molecule has 11 nitrogen and oxygen atoms in total. The van der Waals surface area contributed by atoms with E-state index in [-0.39, 0.29) is 11.3 Å². The highest BCUT2D eigenvalue weighted by atomic mass is 19.4. The van der Waals surface area contributed by atoms with Gasteiger partial charge in [-0.2, -0.15) is 13.2 Å². The van der Waals surface area contributed by atoms with Crippen LogP contribution in [0.2, 0.25) is 0 Å². The molecule has 0 unspecified atom stereocenters. The number of aliphatic carboxylic acids is 1. The van der Waals surface area contributed by atoms with Crippen molar-refractivity contribution in [3.63, 3.8) is 0 Å². The lowest BCUT2D eigenvalue weighted by molar-refractivity contribution is -0.192. The van der Waals surface area contributed by atoms with Crippen LogP contribution in [0, 0.1) is 18.3 Å². The summed E-state index contributed by atoms with van der Waals surface area (Å²) in [6, 6.07) is 1.83. The fourth-order valence-corrected chi connectivity index (χ4v) is 3.74. The lowest BCUT2D eigenvalue weighted by Crippen LogP contribution is -2.43. The summed E-state index contributed by atoms with van der Waals surface area (Å²) in [6.07, 6.45) is -2.14. The molecule has 4 heterocycles. The number of rotatable bonds is 5. The number of hydrogen-bond donors (Lipinski definition) is 2. The van der Waals surface area contributed by atoms with Gasteiger partial charge in [0.15, 0.2) is 0 Å². The molecule has 2 aliphatic heterocycles. The minimum absolute atomic E-state index is 0.140. The first-order valence-electron chi connectivity index (χ1n) is 9.74. The molecule has 0 aromatic carbocycles. The number of methoxy groups -OCH3 is 1. The van der Waals surface area contributed by atoms with Gasteiger partial charge >= 0.3 is 12.1 Å². The Hall–Kier alpha value is -3.42. The van der Waals surface area contributed by atoms with Crippen LogP contribution in [-0.2, 0) is 9.53 Å². The monoisotopic (exact) mass is 473 g/mol. The number of alkyl halides is 3. The van der Waals surface area contributed by atoms with Gasteiger partial charge in [-0.15, -0.1) is 0 Å². The molecule has 2 aromatic rings. The van der Waals surface area contributed by atoms with Crippen molar-refractivity contribution in [1.29, 1.82) is 0 Å². The Labute approximate surface area is 185 Å². The molecule has 2 aliphatic rings. The van der Waals surface area contributed by atoms with Crippen LogP contribution in [0.1, 0.15) is 16.1 Å². The first kappa shape index (κ1) is 24.2. The van der Waals surface area contributed by atoms with Crippen LogP contribution >= 0.6 is 0 Å². The summed E-state index contributed by atoms with van der Waals surface area (Å²) in [5.74, 6) is -0.730. The molecule has 0 radical (unpaired) electrons. The Kier molecular flexibility index (Phi) is 7.05. The van der Waals surface area contributed by atoms with Gasteiger partial charge in [-0.25, -0.2) is 14.8 Å². The van der Waals surface area contributed by atoms with Crippen LogP contribution in [0.25, 0.3) is 0 Å². The molecule has 1 amide bonds. The second-order valence-electron chi connectivity index (χ2n) is 7.65. The Balaban J connectivity index is 0.000000383. The number of hydrogen-bond acceptors (Lipinski definition) is 9. The van der Waals surface area contributed by atoms with Gasteiger partial charge in [0, 0.05) is 37.0 Å². The molecular formula is C19H22F3N5O6. The Morgan fingerprint density at radius 2 is 2.12 bits per heavy atom. The molecule has 4 rings (SSSR count). The van der Waals surface area contributed by atoms with Gasteiger partial charge in [0.2, 0.25) is 5.88 Å². The highest BCUT2D eigenvalue weighted by Crippen LogP contribution is 2.42. The van der Waals surface area contributed by atoms with Crippen molar-refractivity contribution >= 4 is 17.7 Å². The molecule has 0 aliphatic carbocycles. The van der Waals surface area contributed by atoms with Gasteiger partial charge in [-0.05, 0) is 6.92 Å². The van der Waals surface area contributed by atoms with Crippen molar-refractivity contribution < 1.29 is 41.9 Å². The quantitative estimate of drug-likeness (QED) is 0.653. The SMILES string of the molecule is COc1cc(N2C[C@@H]3COC[C@]3(CNC(=O)c3cnoc3C)C2)ncn1.O=C(O)C(F)(F)F. The lowest BCUT2D eigenvalue weighted by atomic mass is 9.81. The van der Waals surface area contributed by atoms with E-state index >= 15 is 0 Å². The number of carboxylic acid groups (broad SMARTS) is 1. The zero-order valence-corrected chi connectivity index (χ0v) is 17.8. The van der Waals surface area contributed by atoms with Crippen LogP contribution in [-0.4, -0.2) is 78.2 Å². The smallest absolute Gasteiger partial charge is 0.481 e. The van der Waals surface area contributed by atoms with E-state index in [4.69, 9.17) is 23.9 Å². The summed E-state index contributed by atoms with van der Waals surface area (Å²) in [5.41, 5.74) is 0.325. The van der Waals surface area contributed by atoms with Crippen molar-refractivity contribution in [2.24, 2.45) is 11.3 Å². The van der Waals surface area contributed by atoms with Crippen LogP contribution in [0.4, 0.5) is 19.0 Å². The van der Waals surface area contributed by atoms with Gasteiger partial charge in [-0.1, -0.05) is 5.16 Å². The van der Waals surface area contributed by atoms with E-state index in [0.717, 1.165) is 18.9 Å². The maximum atomic E-state index is 12.4. The fourth-order valence-electron chi connectivity index (χ4n) is 3.74. The third-order valence-corrected chi connectivity index (χ3v) is 5.52. The van der Waals surface area contributed by atoms with Gasteiger partial charge in [0.25, 0.3) is 5.91 Å². The number of amides is 1. The molecule has 2 N–H and O–H groups in total. The summed E-state index contributed by atoms with van der Waals surface area (Å²) >= 11 is 0. The van der Waals surface area contributed by atoms with E-state index in [1.807, 2.05) is 6.07 Å². The summed E-state index contributed by atoms with van der Waals surface area (Å²) in [5, 5.41) is 13.8. The first-order chi connectivity index (χ1) is 15.6. The predicted molar refractivity (Wildman–Crippen MR) is 105 cm³/mol. The van der Waals surface area contributed by atoms with Crippen LogP contribution in [0.3, 0.4) is 0 Å². The summed E-state index contributed by atoms with van der Waals surface area (Å²) in [4.78, 5) is 31.9. The fraction of sp³-hybridized carbons (Fsp3) is 0.526. The third kappa shape index (κ3) is 5.50. The normalized spacial score (nSPS) is 21.7. The molecule has 33 heavy (non-hydrogen) atoms. The average Bonchev–Trinajstić information content (AvgIpc) is 3.46. The van der Waals surface area contributed by atoms with E-state index in [0.29, 0.717) is 42.9 Å². The third-order valence-electron chi connectivity index (χ3n) is 5.52. The van der Waals surface area contributed by atoms with Crippen molar-refractivity contribution in [2.45, 2.75) is 13.1 Å². The zero-order valence-electron chi connectivity index (χ0n) is 17.8. The van der Waals surface area contributed by atoms with Gasteiger partial charge < -0.3 is 29.3 Å². The van der Waals surface area contributed by atoms with Crippen molar-refractivity contribution in [2.75, 3.05) is 44.9 Å².